The van der Waals surface area contributed by atoms with E-state index < -0.39 is 0 Å². The number of rotatable bonds is 6. The number of amides is 1. The lowest BCUT2D eigenvalue weighted by Crippen LogP contribution is -2.24. The average Bonchev–Trinajstić information content (AvgIpc) is 3.30. The molecule has 132 valence electrons. The van der Waals surface area contributed by atoms with Crippen LogP contribution in [0, 0.1) is 5.92 Å². The first-order valence-corrected chi connectivity index (χ1v) is 9.00. The average molecular weight is 367 g/mol. The number of nitrogens with one attached hydrogen (secondary N) is 1. The molecule has 1 aromatic heterocycles. The van der Waals surface area contributed by atoms with Crippen LogP contribution in [0.5, 0.6) is 0 Å². The first-order chi connectivity index (χ1) is 12.7. The van der Waals surface area contributed by atoms with E-state index in [1.165, 1.54) is 6.33 Å². The zero-order valence-electron chi connectivity index (χ0n) is 14.2. The van der Waals surface area contributed by atoms with Gasteiger partial charge in [0.05, 0.1) is 6.54 Å². The highest BCUT2D eigenvalue weighted by Gasteiger charge is 2.43. The number of aromatic nitrogens is 3. The minimum Gasteiger partial charge on any atom is -0.352 e. The first kappa shape index (κ1) is 16.8. The van der Waals surface area contributed by atoms with Crippen molar-refractivity contribution in [1.82, 2.24) is 20.1 Å². The van der Waals surface area contributed by atoms with E-state index in [9.17, 15) is 4.79 Å². The summed E-state index contributed by atoms with van der Waals surface area (Å²) in [5, 5.41) is 7.86. The largest absolute Gasteiger partial charge is 0.352 e. The van der Waals surface area contributed by atoms with Crippen molar-refractivity contribution in [1.29, 1.82) is 0 Å². The van der Waals surface area contributed by atoms with Gasteiger partial charge >= 0.3 is 0 Å². The summed E-state index contributed by atoms with van der Waals surface area (Å²) in [5.74, 6) is 0.459. The van der Waals surface area contributed by atoms with Gasteiger partial charge in [-0.2, -0.15) is 5.10 Å². The molecule has 5 nitrogen and oxygen atoms in total. The molecule has 0 saturated heterocycles. The minimum atomic E-state index is 0.0556. The van der Waals surface area contributed by atoms with Gasteiger partial charge in [0, 0.05) is 17.5 Å². The summed E-state index contributed by atoms with van der Waals surface area (Å²) in [7, 11) is 0. The Morgan fingerprint density at radius 1 is 1.19 bits per heavy atom. The molecule has 0 radical (unpaired) electrons. The first-order valence-electron chi connectivity index (χ1n) is 8.62. The zero-order valence-corrected chi connectivity index (χ0v) is 14.9. The second-order valence-corrected chi connectivity index (χ2v) is 7.07. The fourth-order valence-corrected chi connectivity index (χ4v) is 3.37. The number of halogens is 1. The van der Waals surface area contributed by atoms with E-state index in [-0.39, 0.29) is 11.8 Å². The molecule has 1 saturated carbocycles. The molecule has 2 atom stereocenters. The standard InChI is InChI=1S/C20H19ClN4O/c21-17-3-1-2-16(8-17)18-9-19(18)20(26)23-10-14-4-6-15(7-5-14)11-25-13-22-12-24-25/h1-8,12-13,18-19H,9-11H2,(H,23,26)/t18-,19-/m0/s1. The number of hydrogen-bond acceptors (Lipinski definition) is 3. The molecule has 0 unspecified atom stereocenters. The van der Waals surface area contributed by atoms with Crippen molar-refractivity contribution in [3.63, 3.8) is 0 Å². The van der Waals surface area contributed by atoms with E-state index in [0.717, 1.165) is 28.1 Å². The van der Waals surface area contributed by atoms with E-state index in [4.69, 9.17) is 11.6 Å². The Morgan fingerprint density at radius 2 is 2.00 bits per heavy atom. The van der Waals surface area contributed by atoms with Crippen molar-refractivity contribution >= 4 is 17.5 Å². The molecule has 0 bridgehead atoms. The number of hydrogen-bond donors (Lipinski definition) is 1. The normalized spacial score (nSPS) is 18.5. The van der Waals surface area contributed by atoms with Crippen molar-refractivity contribution in [2.24, 2.45) is 5.92 Å². The van der Waals surface area contributed by atoms with E-state index in [2.05, 4.69) is 27.5 Å². The summed E-state index contributed by atoms with van der Waals surface area (Å²) < 4.78 is 1.78. The van der Waals surface area contributed by atoms with Gasteiger partial charge in [0.25, 0.3) is 0 Å². The number of benzene rings is 2. The molecule has 0 spiro atoms. The van der Waals surface area contributed by atoms with Gasteiger partial charge in [-0.1, -0.05) is 48.0 Å². The maximum atomic E-state index is 12.4. The fraction of sp³-hybridized carbons (Fsp3) is 0.250. The van der Waals surface area contributed by atoms with E-state index in [1.807, 2.05) is 36.4 Å². The van der Waals surface area contributed by atoms with Gasteiger partial charge in [-0.05, 0) is 41.2 Å². The van der Waals surface area contributed by atoms with Gasteiger partial charge in [0.2, 0.25) is 5.91 Å². The smallest absolute Gasteiger partial charge is 0.224 e. The molecule has 1 N–H and O–H groups in total. The molecule has 3 aromatic rings. The van der Waals surface area contributed by atoms with Gasteiger partial charge in [0.1, 0.15) is 12.7 Å². The minimum absolute atomic E-state index is 0.0556. The van der Waals surface area contributed by atoms with Crippen LogP contribution >= 0.6 is 11.6 Å². The SMILES string of the molecule is O=C(NCc1ccc(Cn2cncn2)cc1)[C@H]1C[C@H]1c1cccc(Cl)c1. The van der Waals surface area contributed by atoms with Gasteiger partial charge < -0.3 is 5.32 Å². The van der Waals surface area contributed by atoms with Crippen LogP contribution in [-0.4, -0.2) is 20.7 Å². The van der Waals surface area contributed by atoms with Crippen LogP contribution < -0.4 is 5.32 Å². The van der Waals surface area contributed by atoms with Crippen molar-refractivity contribution in [3.8, 4) is 0 Å². The van der Waals surface area contributed by atoms with Crippen molar-refractivity contribution in [2.75, 3.05) is 0 Å². The summed E-state index contributed by atoms with van der Waals surface area (Å²) in [6, 6.07) is 16.0. The Hall–Kier alpha value is -2.66. The summed E-state index contributed by atoms with van der Waals surface area (Å²) in [6.45, 7) is 1.23. The molecule has 1 amide bonds. The lowest BCUT2D eigenvalue weighted by molar-refractivity contribution is -0.122. The topological polar surface area (TPSA) is 59.8 Å². The van der Waals surface area contributed by atoms with Crippen LogP contribution in [0.3, 0.4) is 0 Å². The Labute approximate surface area is 157 Å². The summed E-state index contributed by atoms with van der Waals surface area (Å²) in [6.07, 6.45) is 4.11. The van der Waals surface area contributed by atoms with Crippen LogP contribution in [0.15, 0.2) is 61.2 Å². The third-order valence-corrected chi connectivity index (χ3v) is 4.94. The maximum Gasteiger partial charge on any atom is 0.224 e. The van der Waals surface area contributed by atoms with Crippen molar-refractivity contribution in [3.05, 3.63) is 82.9 Å². The second kappa shape index (κ2) is 7.30. The summed E-state index contributed by atoms with van der Waals surface area (Å²) in [4.78, 5) is 16.3. The summed E-state index contributed by atoms with van der Waals surface area (Å²) >= 11 is 6.03. The Kier molecular flexibility index (Phi) is 4.71. The third-order valence-electron chi connectivity index (χ3n) is 4.70. The fourth-order valence-electron chi connectivity index (χ4n) is 3.17. The van der Waals surface area contributed by atoms with Crippen molar-refractivity contribution < 1.29 is 4.79 Å². The second-order valence-electron chi connectivity index (χ2n) is 6.63. The van der Waals surface area contributed by atoms with E-state index >= 15 is 0 Å². The maximum absolute atomic E-state index is 12.4. The lowest BCUT2D eigenvalue weighted by atomic mass is 10.1. The van der Waals surface area contributed by atoms with Crippen LogP contribution in [0.1, 0.15) is 29.0 Å². The molecular formula is C20H19ClN4O. The van der Waals surface area contributed by atoms with Crippen LogP contribution in [0.2, 0.25) is 5.02 Å². The molecule has 1 heterocycles. The number of carbonyl (C=O) groups excluding carboxylic acids is 1. The Bertz CT molecular complexity index is 892. The highest BCUT2D eigenvalue weighted by atomic mass is 35.5. The molecule has 2 aromatic carbocycles. The Morgan fingerprint density at radius 3 is 2.73 bits per heavy atom. The van der Waals surface area contributed by atoms with Crippen LogP contribution in [-0.2, 0) is 17.9 Å². The predicted molar refractivity (Wildman–Crippen MR) is 99.7 cm³/mol. The van der Waals surface area contributed by atoms with E-state index in [1.54, 1.807) is 11.0 Å². The third kappa shape index (κ3) is 3.94. The Balaban J connectivity index is 1.28. The highest BCUT2D eigenvalue weighted by Crippen LogP contribution is 2.47. The molecule has 0 aliphatic heterocycles. The molecule has 26 heavy (non-hydrogen) atoms. The van der Waals surface area contributed by atoms with Gasteiger partial charge in [0.15, 0.2) is 0 Å². The zero-order chi connectivity index (χ0) is 17.9. The molecule has 1 aliphatic carbocycles. The van der Waals surface area contributed by atoms with Gasteiger partial charge in [-0.15, -0.1) is 0 Å². The van der Waals surface area contributed by atoms with Gasteiger partial charge in [-0.3, -0.25) is 4.79 Å². The monoisotopic (exact) mass is 366 g/mol. The number of nitrogens with zero attached hydrogens (tertiary/aromatic N) is 3. The summed E-state index contributed by atoms with van der Waals surface area (Å²) in [5.41, 5.74) is 3.38. The predicted octanol–water partition coefficient (Wildman–Crippen LogP) is 3.40. The molecule has 4 rings (SSSR count). The van der Waals surface area contributed by atoms with Gasteiger partial charge in [-0.25, -0.2) is 9.67 Å². The molecule has 1 fully saturated rings. The molecule has 1 aliphatic rings. The quantitative estimate of drug-likeness (QED) is 0.727. The van der Waals surface area contributed by atoms with Crippen LogP contribution in [0.4, 0.5) is 0 Å². The lowest BCUT2D eigenvalue weighted by Gasteiger charge is -2.07. The molecule has 6 heteroatoms. The van der Waals surface area contributed by atoms with E-state index in [0.29, 0.717) is 19.0 Å². The number of carbonyl (C=O) groups is 1. The molecular weight excluding hydrogens is 348 g/mol. The highest BCUT2D eigenvalue weighted by molar-refractivity contribution is 6.30. The van der Waals surface area contributed by atoms with Crippen molar-refractivity contribution in [2.45, 2.75) is 25.4 Å². The van der Waals surface area contributed by atoms with Crippen LogP contribution in [0.25, 0.3) is 0 Å².